The maximum atomic E-state index is 2.65. The van der Waals surface area contributed by atoms with Crippen molar-refractivity contribution in [3.8, 4) is 33.4 Å². The molecule has 7 aromatic carbocycles. The standard InChI is InChI=1S/C49H41BN2/c1-48(2,3)36-30-39-38-21-12-14-25-43(38)52(37-28-34(32-17-8-6-9-18-32)27-35(29-37)33-19-10-7-11-20-33)50-42-24-16-23-41-47(42)51(45(31-36)46(39)50)44-26-15-13-22-40(44)49(41,4)5/h6-31H,1-5H3. The molecule has 0 unspecified atom stereocenters. The van der Waals surface area contributed by atoms with E-state index in [-0.39, 0.29) is 17.7 Å². The van der Waals surface area contributed by atoms with Crippen LogP contribution in [0.4, 0.5) is 28.4 Å². The van der Waals surface area contributed by atoms with Crippen molar-refractivity contribution >= 4 is 46.2 Å². The van der Waals surface area contributed by atoms with Gasteiger partial charge in [0.1, 0.15) is 0 Å². The first-order valence-electron chi connectivity index (χ1n) is 18.6. The van der Waals surface area contributed by atoms with Crippen LogP contribution in [0.1, 0.15) is 51.3 Å². The molecule has 0 atom stereocenters. The van der Waals surface area contributed by atoms with Crippen molar-refractivity contribution in [3.63, 3.8) is 0 Å². The molecule has 250 valence electrons. The second kappa shape index (κ2) is 11.1. The van der Waals surface area contributed by atoms with Crippen molar-refractivity contribution in [2.24, 2.45) is 0 Å². The Morgan fingerprint density at radius 3 is 1.77 bits per heavy atom. The van der Waals surface area contributed by atoms with E-state index in [4.69, 9.17) is 0 Å². The van der Waals surface area contributed by atoms with E-state index in [9.17, 15) is 0 Å². The van der Waals surface area contributed by atoms with E-state index in [0.29, 0.717) is 0 Å². The molecule has 0 N–H and O–H groups in total. The van der Waals surface area contributed by atoms with E-state index < -0.39 is 0 Å². The second-order valence-corrected chi connectivity index (χ2v) is 16.2. The fourth-order valence-electron chi connectivity index (χ4n) is 9.12. The second-order valence-electron chi connectivity index (χ2n) is 16.2. The number of benzene rings is 7. The summed E-state index contributed by atoms with van der Waals surface area (Å²) in [7, 11) is 0. The number of rotatable bonds is 3. The molecule has 0 aromatic heterocycles. The third-order valence-corrected chi connectivity index (χ3v) is 11.7. The Bertz CT molecular complexity index is 2490. The van der Waals surface area contributed by atoms with Gasteiger partial charge in [0, 0.05) is 33.7 Å². The first kappa shape index (κ1) is 31.0. The molecule has 7 aromatic rings. The minimum atomic E-state index is -0.161. The van der Waals surface area contributed by atoms with Gasteiger partial charge in [-0.15, -0.1) is 0 Å². The van der Waals surface area contributed by atoms with Gasteiger partial charge in [0.25, 0.3) is 0 Å². The molecule has 0 amide bonds. The van der Waals surface area contributed by atoms with Gasteiger partial charge < -0.3 is 9.71 Å². The molecule has 3 heteroatoms. The van der Waals surface area contributed by atoms with Crippen LogP contribution >= 0.6 is 0 Å². The van der Waals surface area contributed by atoms with Crippen molar-refractivity contribution in [1.82, 2.24) is 0 Å². The molecule has 0 spiro atoms. The summed E-state index contributed by atoms with van der Waals surface area (Å²) < 4.78 is 0. The lowest BCUT2D eigenvalue weighted by atomic mass is 9.42. The molecule has 0 fully saturated rings. The minimum Gasteiger partial charge on any atom is -0.376 e. The normalized spacial score (nSPS) is 14.7. The van der Waals surface area contributed by atoms with Crippen LogP contribution in [-0.4, -0.2) is 6.85 Å². The SMILES string of the molecule is CC(C)(C)c1cc2c3c(c1)N1c4ccccc4C(C)(C)c4cccc(c41)B3N(c1cc(-c3ccccc3)cc(-c3ccccc3)c1)c1ccccc1-2. The topological polar surface area (TPSA) is 6.48 Å². The van der Waals surface area contributed by atoms with Gasteiger partial charge in [-0.2, -0.15) is 0 Å². The average molecular weight is 669 g/mol. The maximum absolute atomic E-state index is 2.65. The molecule has 0 radical (unpaired) electrons. The van der Waals surface area contributed by atoms with Gasteiger partial charge in [-0.05, 0) is 97.2 Å². The van der Waals surface area contributed by atoms with Crippen LogP contribution in [0.25, 0.3) is 33.4 Å². The third kappa shape index (κ3) is 4.45. The van der Waals surface area contributed by atoms with Crippen LogP contribution in [-0.2, 0) is 10.8 Å². The summed E-state index contributed by atoms with van der Waals surface area (Å²) >= 11 is 0. The number of fused-ring (bicyclic) bond motifs is 6. The Labute approximate surface area is 308 Å². The summed E-state index contributed by atoms with van der Waals surface area (Å²) in [5.41, 5.74) is 20.4. The van der Waals surface area contributed by atoms with Crippen molar-refractivity contribution in [2.75, 3.05) is 9.71 Å². The van der Waals surface area contributed by atoms with Crippen molar-refractivity contribution < 1.29 is 0 Å². The van der Waals surface area contributed by atoms with E-state index in [1.54, 1.807) is 0 Å². The van der Waals surface area contributed by atoms with Crippen molar-refractivity contribution in [1.29, 1.82) is 0 Å². The zero-order valence-corrected chi connectivity index (χ0v) is 30.5. The van der Waals surface area contributed by atoms with Gasteiger partial charge >= 0.3 is 6.85 Å². The molecule has 3 aliphatic heterocycles. The van der Waals surface area contributed by atoms with E-state index >= 15 is 0 Å². The summed E-state index contributed by atoms with van der Waals surface area (Å²) in [6.07, 6.45) is 0. The minimum absolute atomic E-state index is 0.0316. The molecule has 3 aliphatic rings. The number of para-hydroxylation sites is 3. The first-order valence-corrected chi connectivity index (χ1v) is 18.6. The van der Waals surface area contributed by atoms with Gasteiger partial charge in [-0.3, -0.25) is 0 Å². The molecular weight excluding hydrogens is 627 g/mol. The van der Waals surface area contributed by atoms with Crippen LogP contribution in [0.5, 0.6) is 0 Å². The van der Waals surface area contributed by atoms with Crippen LogP contribution in [0.15, 0.2) is 158 Å². The zero-order chi connectivity index (χ0) is 35.4. The van der Waals surface area contributed by atoms with Crippen LogP contribution in [0.2, 0.25) is 0 Å². The lowest BCUT2D eigenvalue weighted by Gasteiger charge is -2.50. The Kier molecular flexibility index (Phi) is 6.61. The van der Waals surface area contributed by atoms with Crippen LogP contribution in [0, 0.1) is 0 Å². The van der Waals surface area contributed by atoms with Gasteiger partial charge in [0.15, 0.2) is 0 Å². The Hall–Kier alpha value is -5.80. The fraction of sp³-hybridized carbons (Fsp3) is 0.143. The third-order valence-electron chi connectivity index (χ3n) is 11.7. The monoisotopic (exact) mass is 668 g/mol. The highest BCUT2D eigenvalue weighted by Gasteiger charge is 2.49. The van der Waals surface area contributed by atoms with Crippen LogP contribution in [0.3, 0.4) is 0 Å². The Balaban J connectivity index is 1.33. The number of nitrogens with zero attached hydrogens (tertiary/aromatic N) is 2. The number of anilines is 5. The molecule has 3 heterocycles. The molecular formula is C49H41BN2. The fourth-order valence-corrected chi connectivity index (χ4v) is 9.12. The van der Waals surface area contributed by atoms with E-state index in [1.807, 2.05) is 0 Å². The molecule has 52 heavy (non-hydrogen) atoms. The molecule has 10 rings (SSSR count). The van der Waals surface area contributed by atoms with Crippen LogP contribution < -0.4 is 20.6 Å². The first-order chi connectivity index (χ1) is 25.2. The molecule has 2 nitrogen and oxygen atoms in total. The van der Waals surface area contributed by atoms with Gasteiger partial charge in [0.05, 0.1) is 5.69 Å². The molecule has 0 saturated heterocycles. The van der Waals surface area contributed by atoms with Gasteiger partial charge in [-0.25, -0.2) is 0 Å². The predicted molar refractivity (Wildman–Crippen MR) is 222 cm³/mol. The van der Waals surface area contributed by atoms with Gasteiger partial charge in [0.2, 0.25) is 0 Å². The molecule has 0 aliphatic carbocycles. The zero-order valence-electron chi connectivity index (χ0n) is 30.5. The Morgan fingerprint density at radius 2 is 1.10 bits per heavy atom. The predicted octanol–water partition coefficient (Wildman–Crippen LogP) is 11.7. The lowest BCUT2D eigenvalue weighted by molar-refractivity contribution is 0.590. The maximum Gasteiger partial charge on any atom is 0.333 e. The lowest BCUT2D eigenvalue weighted by Crippen LogP contribution is -2.62. The smallest absolute Gasteiger partial charge is 0.333 e. The summed E-state index contributed by atoms with van der Waals surface area (Å²) in [4.78, 5) is 5.26. The summed E-state index contributed by atoms with van der Waals surface area (Å²) in [6.45, 7) is 11.8. The largest absolute Gasteiger partial charge is 0.376 e. The summed E-state index contributed by atoms with van der Waals surface area (Å²) in [5, 5.41) is 0. The Morgan fingerprint density at radius 1 is 0.500 bits per heavy atom. The summed E-state index contributed by atoms with van der Waals surface area (Å²) in [6, 6.07) is 59.0. The number of hydrogen-bond acceptors (Lipinski definition) is 2. The highest BCUT2D eigenvalue weighted by atomic mass is 15.2. The van der Waals surface area contributed by atoms with Crippen molar-refractivity contribution in [2.45, 2.75) is 45.4 Å². The van der Waals surface area contributed by atoms with Gasteiger partial charge in [-0.1, -0.05) is 156 Å². The van der Waals surface area contributed by atoms with E-state index in [0.717, 1.165) is 0 Å². The highest BCUT2D eigenvalue weighted by Crippen LogP contribution is 2.55. The average Bonchev–Trinajstić information content (AvgIpc) is 3.17. The van der Waals surface area contributed by atoms with E-state index in [1.165, 1.54) is 89.4 Å². The number of hydrogen-bond donors (Lipinski definition) is 0. The van der Waals surface area contributed by atoms with E-state index in [2.05, 4.69) is 202 Å². The summed E-state index contributed by atoms with van der Waals surface area (Å²) in [5.74, 6) is 0. The quantitative estimate of drug-likeness (QED) is 0.173. The van der Waals surface area contributed by atoms with Crippen molar-refractivity contribution in [3.05, 3.63) is 174 Å². The highest BCUT2D eigenvalue weighted by molar-refractivity contribution is 6.93. The molecule has 0 bridgehead atoms. The molecule has 0 saturated carbocycles.